The first-order valence-electron chi connectivity index (χ1n) is 5.61. The third-order valence-corrected chi connectivity index (χ3v) is 1.93. The Labute approximate surface area is 87.3 Å². The highest BCUT2D eigenvalue weighted by Crippen LogP contribution is 2.00. The fourth-order valence-corrected chi connectivity index (χ4v) is 1.12. The summed E-state index contributed by atoms with van der Waals surface area (Å²) in [4.78, 5) is 11.1. The number of carbonyl (C=O) groups is 1. The lowest BCUT2D eigenvalue weighted by Gasteiger charge is -2.01. The number of carbonyl (C=O) groups excluding carboxylic acids is 1. The predicted molar refractivity (Wildman–Crippen MR) is 59.1 cm³/mol. The summed E-state index contributed by atoms with van der Waals surface area (Å²) >= 11 is 0. The summed E-state index contributed by atoms with van der Waals surface area (Å²) in [6, 6.07) is 0. The van der Waals surface area contributed by atoms with Gasteiger partial charge in [-0.15, -0.1) is 0 Å². The predicted octanol–water partition coefficient (Wildman–Crippen LogP) is 3.47. The Hall–Kier alpha value is -0.790. The van der Waals surface area contributed by atoms with Crippen LogP contribution in [-0.4, -0.2) is 12.6 Å². The quantitative estimate of drug-likeness (QED) is 0.339. The van der Waals surface area contributed by atoms with Gasteiger partial charge in [-0.05, 0) is 19.3 Å². The van der Waals surface area contributed by atoms with Crippen molar-refractivity contribution in [1.82, 2.24) is 0 Å². The Morgan fingerprint density at radius 1 is 1.21 bits per heavy atom. The van der Waals surface area contributed by atoms with Crippen LogP contribution in [0, 0.1) is 0 Å². The molecule has 0 aliphatic rings. The maximum Gasteiger partial charge on any atom is 0.305 e. The topological polar surface area (TPSA) is 26.3 Å². The Morgan fingerprint density at radius 2 is 2.00 bits per heavy atom. The van der Waals surface area contributed by atoms with Gasteiger partial charge < -0.3 is 4.74 Å². The highest BCUT2D eigenvalue weighted by molar-refractivity contribution is 5.69. The molecule has 0 amide bonds. The Bertz CT molecular complexity index is 162. The number of esters is 1. The Kier molecular flexibility index (Phi) is 9.71. The summed E-state index contributed by atoms with van der Waals surface area (Å²) in [7, 11) is 0. The fourth-order valence-electron chi connectivity index (χ4n) is 1.12. The van der Waals surface area contributed by atoms with E-state index in [0.717, 1.165) is 32.1 Å². The van der Waals surface area contributed by atoms with Crippen molar-refractivity contribution in [3.05, 3.63) is 12.2 Å². The second-order valence-electron chi connectivity index (χ2n) is 3.35. The number of rotatable bonds is 8. The average Bonchev–Trinajstić information content (AvgIpc) is 2.18. The molecule has 0 atom stereocenters. The molecule has 0 bridgehead atoms. The van der Waals surface area contributed by atoms with Crippen molar-refractivity contribution in [2.75, 3.05) is 6.61 Å². The van der Waals surface area contributed by atoms with E-state index in [1.807, 2.05) is 0 Å². The molecule has 14 heavy (non-hydrogen) atoms. The second-order valence-corrected chi connectivity index (χ2v) is 3.35. The molecule has 2 heteroatoms. The van der Waals surface area contributed by atoms with Crippen LogP contribution in [0.5, 0.6) is 0 Å². The smallest absolute Gasteiger partial charge is 0.305 e. The first kappa shape index (κ1) is 13.2. The van der Waals surface area contributed by atoms with Crippen molar-refractivity contribution in [2.24, 2.45) is 0 Å². The molecule has 0 saturated heterocycles. The second kappa shape index (κ2) is 10.3. The van der Waals surface area contributed by atoms with Gasteiger partial charge >= 0.3 is 5.97 Å². The van der Waals surface area contributed by atoms with E-state index in [1.165, 1.54) is 0 Å². The molecular weight excluding hydrogens is 176 g/mol. The summed E-state index contributed by atoms with van der Waals surface area (Å²) in [5.74, 6) is -0.0525. The van der Waals surface area contributed by atoms with E-state index >= 15 is 0 Å². The van der Waals surface area contributed by atoms with Gasteiger partial charge in [-0.2, -0.15) is 0 Å². The van der Waals surface area contributed by atoms with Crippen LogP contribution < -0.4 is 0 Å². The van der Waals surface area contributed by atoms with Crippen molar-refractivity contribution in [3.8, 4) is 0 Å². The van der Waals surface area contributed by atoms with E-state index in [-0.39, 0.29) is 5.97 Å². The summed E-state index contributed by atoms with van der Waals surface area (Å²) in [6.07, 6.45) is 9.82. The SMILES string of the molecule is CC/C=C\CCOC(=O)CCCCC. The van der Waals surface area contributed by atoms with Crippen LogP contribution in [-0.2, 0) is 9.53 Å². The molecule has 0 rings (SSSR count). The molecule has 0 radical (unpaired) electrons. The van der Waals surface area contributed by atoms with E-state index in [1.54, 1.807) is 0 Å². The van der Waals surface area contributed by atoms with Crippen molar-refractivity contribution in [2.45, 2.75) is 52.4 Å². The third kappa shape index (κ3) is 9.30. The van der Waals surface area contributed by atoms with Crippen molar-refractivity contribution < 1.29 is 9.53 Å². The van der Waals surface area contributed by atoms with Crippen molar-refractivity contribution >= 4 is 5.97 Å². The van der Waals surface area contributed by atoms with E-state index < -0.39 is 0 Å². The fraction of sp³-hybridized carbons (Fsp3) is 0.750. The lowest BCUT2D eigenvalue weighted by molar-refractivity contribution is -0.143. The number of hydrogen-bond donors (Lipinski definition) is 0. The van der Waals surface area contributed by atoms with Gasteiger partial charge in [0.1, 0.15) is 0 Å². The van der Waals surface area contributed by atoms with Gasteiger partial charge in [-0.25, -0.2) is 0 Å². The standard InChI is InChI=1S/C12H22O2/c1-3-5-7-9-11-14-12(13)10-8-6-4-2/h5,7H,3-4,6,8-11H2,1-2H3/b7-5-. The van der Waals surface area contributed by atoms with Crippen molar-refractivity contribution in [3.63, 3.8) is 0 Å². The van der Waals surface area contributed by atoms with Crippen LogP contribution >= 0.6 is 0 Å². The molecule has 82 valence electrons. The van der Waals surface area contributed by atoms with Crippen LogP contribution in [0.4, 0.5) is 0 Å². The Morgan fingerprint density at radius 3 is 2.64 bits per heavy atom. The first-order chi connectivity index (χ1) is 6.81. The molecule has 2 nitrogen and oxygen atoms in total. The van der Waals surface area contributed by atoms with E-state index in [9.17, 15) is 4.79 Å². The molecule has 0 N–H and O–H groups in total. The number of hydrogen-bond acceptors (Lipinski definition) is 2. The molecule has 0 aliphatic heterocycles. The molecule has 0 aromatic rings. The molecule has 0 fully saturated rings. The van der Waals surface area contributed by atoms with Crippen LogP contribution in [0.25, 0.3) is 0 Å². The Balaban J connectivity index is 3.22. The van der Waals surface area contributed by atoms with Crippen LogP contribution in [0.1, 0.15) is 52.4 Å². The zero-order valence-corrected chi connectivity index (χ0v) is 9.42. The van der Waals surface area contributed by atoms with Gasteiger partial charge in [0.25, 0.3) is 0 Å². The first-order valence-corrected chi connectivity index (χ1v) is 5.61. The molecule has 0 aromatic heterocycles. The normalized spacial score (nSPS) is 10.7. The van der Waals surface area contributed by atoms with Crippen LogP contribution in [0.3, 0.4) is 0 Å². The molecule has 0 aliphatic carbocycles. The molecular formula is C12H22O2. The van der Waals surface area contributed by atoms with E-state index in [4.69, 9.17) is 4.74 Å². The number of unbranched alkanes of at least 4 members (excludes halogenated alkanes) is 2. The van der Waals surface area contributed by atoms with Gasteiger partial charge in [0.15, 0.2) is 0 Å². The summed E-state index contributed by atoms with van der Waals surface area (Å²) in [5, 5.41) is 0. The molecule has 0 spiro atoms. The van der Waals surface area contributed by atoms with E-state index in [0.29, 0.717) is 13.0 Å². The van der Waals surface area contributed by atoms with Crippen LogP contribution in [0.15, 0.2) is 12.2 Å². The zero-order chi connectivity index (χ0) is 10.6. The minimum atomic E-state index is -0.0525. The molecule has 0 heterocycles. The number of ether oxygens (including phenoxy) is 1. The van der Waals surface area contributed by atoms with Gasteiger partial charge in [0.05, 0.1) is 6.61 Å². The summed E-state index contributed by atoms with van der Waals surface area (Å²) < 4.78 is 5.04. The number of allylic oxidation sites excluding steroid dienone is 1. The van der Waals surface area contributed by atoms with Gasteiger partial charge in [-0.1, -0.05) is 38.8 Å². The molecule has 0 unspecified atom stereocenters. The summed E-state index contributed by atoms with van der Waals surface area (Å²) in [6.45, 7) is 4.75. The summed E-state index contributed by atoms with van der Waals surface area (Å²) in [5.41, 5.74) is 0. The lowest BCUT2D eigenvalue weighted by Crippen LogP contribution is -2.04. The molecule has 0 aromatic carbocycles. The highest BCUT2D eigenvalue weighted by Gasteiger charge is 2.00. The molecule has 0 saturated carbocycles. The van der Waals surface area contributed by atoms with Gasteiger partial charge in [-0.3, -0.25) is 4.79 Å². The monoisotopic (exact) mass is 198 g/mol. The van der Waals surface area contributed by atoms with Crippen molar-refractivity contribution in [1.29, 1.82) is 0 Å². The average molecular weight is 198 g/mol. The van der Waals surface area contributed by atoms with Crippen LogP contribution in [0.2, 0.25) is 0 Å². The zero-order valence-electron chi connectivity index (χ0n) is 9.42. The van der Waals surface area contributed by atoms with Gasteiger partial charge in [0, 0.05) is 6.42 Å². The third-order valence-electron chi connectivity index (χ3n) is 1.93. The largest absolute Gasteiger partial charge is 0.465 e. The lowest BCUT2D eigenvalue weighted by atomic mass is 10.2. The minimum absolute atomic E-state index is 0.0525. The van der Waals surface area contributed by atoms with E-state index in [2.05, 4.69) is 26.0 Å². The maximum atomic E-state index is 11.1. The van der Waals surface area contributed by atoms with Gasteiger partial charge in [0.2, 0.25) is 0 Å². The maximum absolute atomic E-state index is 11.1. The highest BCUT2D eigenvalue weighted by atomic mass is 16.5. The minimum Gasteiger partial charge on any atom is -0.465 e.